The number of hydrogen-bond donors (Lipinski definition) is 10. The van der Waals surface area contributed by atoms with E-state index >= 15 is 0 Å². The van der Waals surface area contributed by atoms with Gasteiger partial charge in [0, 0.05) is 33.4 Å². The third-order valence-electron chi connectivity index (χ3n) is 6.82. The van der Waals surface area contributed by atoms with Gasteiger partial charge in [-0.2, -0.15) is 0 Å². The molecule has 0 aliphatic rings. The fourth-order valence-electron chi connectivity index (χ4n) is 4.10. The van der Waals surface area contributed by atoms with E-state index in [4.69, 9.17) is 18.9 Å². The molecule has 1 aromatic carbocycles. The number of ether oxygens (including phenoxy) is 4. The zero-order chi connectivity index (χ0) is 34.3. The maximum absolute atomic E-state index is 11.6. The molecule has 0 saturated carbocycles. The Morgan fingerprint density at radius 1 is 0.652 bits per heavy atom. The first-order chi connectivity index (χ1) is 22.0. The number of aryl methyl sites for hydroxylation is 1. The highest BCUT2D eigenvalue weighted by molar-refractivity contribution is 5.76. The molecule has 0 radical (unpaired) electrons. The van der Waals surface area contributed by atoms with Crippen LogP contribution in [0.1, 0.15) is 48.4 Å². The van der Waals surface area contributed by atoms with Crippen LogP contribution in [0.3, 0.4) is 0 Å². The van der Waals surface area contributed by atoms with Crippen LogP contribution in [-0.4, -0.2) is 138 Å². The van der Waals surface area contributed by atoms with Gasteiger partial charge in [0.25, 0.3) is 0 Å². The fourth-order valence-corrected chi connectivity index (χ4v) is 4.10. The summed E-state index contributed by atoms with van der Waals surface area (Å²) in [7, 11) is 6.33. The number of hydrogen-bond acceptors (Lipinski definition) is 14. The number of carbonyl (C=O) groups is 2. The van der Waals surface area contributed by atoms with Crippen LogP contribution in [-0.2, 0) is 28.5 Å². The molecule has 266 valence electrons. The summed E-state index contributed by atoms with van der Waals surface area (Å²) in [5.41, 5.74) is 1.75. The minimum Gasteiger partial charge on any atom is -0.380 e. The SMILES string of the molecule is CNC(=O)CCOCC(COCCC(O)NC)NC(O)c1cc(C)cc(C(O)NC(COCCC(O)NC)COCC(=O)NC)c1. The second-order valence-corrected chi connectivity index (χ2v) is 10.7. The number of benzene rings is 1. The number of rotatable bonds is 27. The molecule has 0 bridgehead atoms. The molecule has 0 aromatic heterocycles. The van der Waals surface area contributed by atoms with Crippen LogP contribution in [0.25, 0.3) is 0 Å². The van der Waals surface area contributed by atoms with Crippen molar-refractivity contribution < 1.29 is 49.0 Å². The molecule has 0 fully saturated rings. The van der Waals surface area contributed by atoms with Gasteiger partial charge in [0.05, 0.1) is 58.3 Å². The summed E-state index contributed by atoms with van der Waals surface area (Å²) in [5.74, 6) is -0.445. The van der Waals surface area contributed by atoms with Crippen molar-refractivity contribution in [1.29, 1.82) is 0 Å². The Balaban J connectivity index is 2.93. The van der Waals surface area contributed by atoms with Crippen molar-refractivity contribution in [3.63, 3.8) is 0 Å². The Morgan fingerprint density at radius 3 is 1.52 bits per heavy atom. The van der Waals surface area contributed by atoms with Crippen LogP contribution in [0.2, 0.25) is 0 Å². The molecule has 0 saturated heterocycles. The minimum absolute atomic E-state index is 0.0643. The van der Waals surface area contributed by atoms with E-state index in [1.165, 1.54) is 7.05 Å². The van der Waals surface area contributed by atoms with Crippen LogP contribution in [0.4, 0.5) is 0 Å². The van der Waals surface area contributed by atoms with E-state index in [9.17, 15) is 30.0 Å². The Kier molecular flexibility index (Phi) is 22.5. The highest BCUT2D eigenvalue weighted by Crippen LogP contribution is 2.21. The largest absolute Gasteiger partial charge is 0.380 e. The molecule has 1 rings (SSSR count). The van der Waals surface area contributed by atoms with Gasteiger partial charge in [-0.05, 0) is 38.2 Å². The van der Waals surface area contributed by atoms with Crippen molar-refractivity contribution in [3.05, 3.63) is 34.9 Å². The van der Waals surface area contributed by atoms with E-state index in [1.54, 1.807) is 39.3 Å². The molecule has 1 aromatic rings. The second kappa shape index (κ2) is 24.8. The van der Waals surface area contributed by atoms with Crippen molar-refractivity contribution in [1.82, 2.24) is 31.9 Å². The summed E-state index contributed by atoms with van der Waals surface area (Å²) in [6.45, 7) is 2.91. The molecule has 0 spiro atoms. The average Bonchev–Trinajstić information content (AvgIpc) is 3.05. The number of nitrogens with one attached hydrogen (secondary N) is 6. The van der Waals surface area contributed by atoms with E-state index in [-0.39, 0.29) is 71.1 Å². The quantitative estimate of drug-likeness (QED) is 0.0354. The van der Waals surface area contributed by atoms with Crippen LogP contribution in [0.5, 0.6) is 0 Å². The lowest BCUT2D eigenvalue weighted by atomic mass is 10.0. The van der Waals surface area contributed by atoms with Gasteiger partial charge in [-0.3, -0.25) is 30.9 Å². The van der Waals surface area contributed by atoms with Crippen molar-refractivity contribution in [3.8, 4) is 0 Å². The summed E-state index contributed by atoms with van der Waals surface area (Å²) in [5, 5.41) is 58.2. The number of aliphatic hydroxyl groups excluding tert-OH is 4. The zero-order valence-electron chi connectivity index (χ0n) is 27.7. The molecular formula is C30H56N6O10. The first-order valence-electron chi connectivity index (χ1n) is 15.4. The summed E-state index contributed by atoms with van der Waals surface area (Å²) in [6.07, 6.45) is -2.81. The van der Waals surface area contributed by atoms with Crippen molar-refractivity contribution in [2.45, 2.75) is 63.2 Å². The average molecular weight is 661 g/mol. The van der Waals surface area contributed by atoms with E-state index in [2.05, 4.69) is 31.9 Å². The number of amides is 2. The third-order valence-corrected chi connectivity index (χ3v) is 6.82. The Hall–Kier alpha value is -2.32. The second-order valence-electron chi connectivity index (χ2n) is 10.7. The molecule has 6 unspecified atom stereocenters. The van der Waals surface area contributed by atoms with Crippen molar-refractivity contribution >= 4 is 11.8 Å². The van der Waals surface area contributed by atoms with Gasteiger partial charge in [-0.25, -0.2) is 0 Å². The lowest BCUT2D eigenvalue weighted by Crippen LogP contribution is -2.41. The lowest BCUT2D eigenvalue weighted by Gasteiger charge is -2.26. The van der Waals surface area contributed by atoms with Crippen molar-refractivity contribution in [2.75, 3.05) is 81.0 Å². The summed E-state index contributed by atoms with van der Waals surface area (Å²) < 4.78 is 22.5. The van der Waals surface area contributed by atoms with E-state index in [1.807, 2.05) is 6.92 Å². The van der Waals surface area contributed by atoms with Gasteiger partial charge in [0.2, 0.25) is 11.8 Å². The third kappa shape index (κ3) is 18.7. The smallest absolute Gasteiger partial charge is 0.245 e. The first kappa shape index (κ1) is 41.7. The summed E-state index contributed by atoms with van der Waals surface area (Å²) in [6, 6.07) is 4.24. The molecular weight excluding hydrogens is 604 g/mol. The topological polar surface area (TPSA) is 224 Å². The number of aliphatic hydroxyl groups is 4. The summed E-state index contributed by atoms with van der Waals surface area (Å²) >= 11 is 0. The monoisotopic (exact) mass is 660 g/mol. The number of likely N-dealkylation sites (N-methyl/N-ethyl adjacent to an activating group) is 1. The van der Waals surface area contributed by atoms with E-state index in [0.29, 0.717) is 24.0 Å². The molecule has 16 nitrogen and oxygen atoms in total. The normalized spacial score (nSPS) is 15.5. The van der Waals surface area contributed by atoms with Gasteiger partial charge >= 0.3 is 0 Å². The van der Waals surface area contributed by atoms with Crippen LogP contribution >= 0.6 is 0 Å². The van der Waals surface area contributed by atoms with Gasteiger partial charge in [-0.15, -0.1) is 0 Å². The summed E-state index contributed by atoms with van der Waals surface area (Å²) in [4.78, 5) is 23.1. The molecule has 0 aliphatic heterocycles. The molecule has 16 heteroatoms. The number of carbonyl (C=O) groups excluding carboxylic acids is 2. The van der Waals surface area contributed by atoms with Crippen molar-refractivity contribution in [2.24, 2.45) is 0 Å². The van der Waals surface area contributed by atoms with Gasteiger partial charge < -0.3 is 50.0 Å². The first-order valence-corrected chi connectivity index (χ1v) is 15.4. The molecule has 10 N–H and O–H groups in total. The van der Waals surface area contributed by atoms with E-state index in [0.717, 1.165) is 5.56 Å². The molecule has 2 amide bonds. The molecule has 0 heterocycles. The van der Waals surface area contributed by atoms with Crippen LogP contribution < -0.4 is 31.9 Å². The van der Waals surface area contributed by atoms with Crippen LogP contribution in [0.15, 0.2) is 18.2 Å². The predicted molar refractivity (Wildman–Crippen MR) is 170 cm³/mol. The van der Waals surface area contributed by atoms with Gasteiger partial charge in [0.1, 0.15) is 31.5 Å². The molecule has 6 atom stereocenters. The molecule has 0 aliphatic carbocycles. The fraction of sp³-hybridized carbons (Fsp3) is 0.733. The van der Waals surface area contributed by atoms with Crippen LogP contribution in [0, 0.1) is 6.92 Å². The predicted octanol–water partition coefficient (Wildman–Crippen LogP) is -2.30. The van der Waals surface area contributed by atoms with Gasteiger partial charge in [0.15, 0.2) is 0 Å². The maximum atomic E-state index is 11.6. The van der Waals surface area contributed by atoms with Gasteiger partial charge in [-0.1, -0.05) is 17.7 Å². The standard InChI is InChI=1S/C30H56N6O10/c1-20-12-21(29(41)35-23(15-43-9-6-25(37)31-2)16-44-10-7-26(38)32-3)14-22(13-20)30(42)36-24(18-46-19-28(40)34-5)17-45-11-8-27(39)33-4/h12-14,23-25,27,29-31,33,35-37,39,41-42H,6-11,15-19H2,1-5H3,(H,32,38)(H,34,40). The Morgan fingerprint density at radius 2 is 1.09 bits per heavy atom. The Labute approximate surface area is 271 Å². The zero-order valence-corrected chi connectivity index (χ0v) is 27.7. The molecule has 46 heavy (non-hydrogen) atoms. The highest BCUT2D eigenvalue weighted by atomic mass is 16.5. The Bertz CT molecular complexity index is 978. The van der Waals surface area contributed by atoms with E-state index < -0.39 is 37.0 Å². The highest BCUT2D eigenvalue weighted by Gasteiger charge is 2.21. The lowest BCUT2D eigenvalue weighted by molar-refractivity contribution is -0.125. The maximum Gasteiger partial charge on any atom is 0.245 e. The minimum atomic E-state index is -1.17.